The second-order valence-electron chi connectivity index (χ2n) is 3.32. The van der Waals surface area contributed by atoms with Crippen LogP contribution >= 0.6 is 0 Å². The standard InChI is InChI=1S/C11H11NO2/c1-7-3-4-9-8(5-7)6-12-10(9)11(13)14-2/h3-5H,6H2,1-2H3. The minimum absolute atomic E-state index is 0.354. The molecule has 3 heteroatoms. The van der Waals surface area contributed by atoms with Crippen LogP contribution < -0.4 is 0 Å². The van der Waals surface area contributed by atoms with Crippen molar-refractivity contribution in [2.75, 3.05) is 7.11 Å². The maximum absolute atomic E-state index is 11.3. The van der Waals surface area contributed by atoms with E-state index in [0.717, 1.165) is 11.1 Å². The van der Waals surface area contributed by atoms with Crippen molar-refractivity contribution in [3.05, 3.63) is 34.9 Å². The summed E-state index contributed by atoms with van der Waals surface area (Å²) in [4.78, 5) is 15.5. The number of carbonyl (C=O) groups excluding carboxylic acids is 1. The molecular weight excluding hydrogens is 178 g/mol. The smallest absolute Gasteiger partial charge is 0.356 e. The molecule has 1 aromatic rings. The van der Waals surface area contributed by atoms with Crippen molar-refractivity contribution in [1.29, 1.82) is 0 Å². The zero-order chi connectivity index (χ0) is 10.1. The van der Waals surface area contributed by atoms with Crippen LogP contribution in [0.3, 0.4) is 0 Å². The zero-order valence-electron chi connectivity index (χ0n) is 8.20. The molecule has 2 rings (SSSR count). The second kappa shape index (κ2) is 3.25. The first kappa shape index (κ1) is 8.94. The fourth-order valence-corrected chi connectivity index (χ4v) is 1.60. The summed E-state index contributed by atoms with van der Waals surface area (Å²) in [5.74, 6) is -0.354. The van der Waals surface area contributed by atoms with Gasteiger partial charge in [-0.15, -0.1) is 0 Å². The fourth-order valence-electron chi connectivity index (χ4n) is 1.60. The van der Waals surface area contributed by atoms with E-state index in [-0.39, 0.29) is 5.97 Å². The Morgan fingerprint density at radius 2 is 2.29 bits per heavy atom. The Balaban J connectivity index is 2.42. The van der Waals surface area contributed by atoms with Crippen LogP contribution in [0.5, 0.6) is 0 Å². The lowest BCUT2D eigenvalue weighted by Gasteiger charge is -2.02. The summed E-state index contributed by atoms with van der Waals surface area (Å²) in [6.45, 7) is 2.61. The van der Waals surface area contributed by atoms with Gasteiger partial charge >= 0.3 is 5.97 Å². The maximum atomic E-state index is 11.3. The fraction of sp³-hybridized carbons (Fsp3) is 0.273. The number of nitrogens with zero attached hydrogens (tertiary/aromatic N) is 1. The Kier molecular flexibility index (Phi) is 2.08. The van der Waals surface area contributed by atoms with Crippen LogP contribution in [-0.2, 0) is 16.1 Å². The molecule has 1 aliphatic heterocycles. The molecule has 3 nitrogen and oxygen atoms in total. The molecule has 72 valence electrons. The molecule has 0 atom stereocenters. The Labute approximate surface area is 82.4 Å². The largest absolute Gasteiger partial charge is 0.464 e. The van der Waals surface area contributed by atoms with Crippen molar-refractivity contribution >= 4 is 11.7 Å². The molecule has 0 fully saturated rings. The topological polar surface area (TPSA) is 38.7 Å². The van der Waals surface area contributed by atoms with Crippen molar-refractivity contribution < 1.29 is 9.53 Å². The highest BCUT2D eigenvalue weighted by Gasteiger charge is 2.22. The minimum Gasteiger partial charge on any atom is -0.464 e. The van der Waals surface area contributed by atoms with Gasteiger partial charge in [-0.2, -0.15) is 0 Å². The average Bonchev–Trinajstić information content (AvgIpc) is 2.59. The third-order valence-electron chi connectivity index (χ3n) is 2.30. The first-order chi connectivity index (χ1) is 6.72. The van der Waals surface area contributed by atoms with E-state index in [9.17, 15) is 4.79 Å². The van der Waals surface area contributed by atoms with Gasteiger partial charge in [0.1, 0.15) is 0 Å². The van der Waals surface area contributed by atoms with E-state index < -0.39 is 0 Å². The van der Waals surface area contributed by atoms with E-state index in [1.807, 2.05) is 19.1 Å². The van der Waals surface area contributed by atoms with Gasteiger partial charge < -0.3 is 4.74 Å². The molecule has 0 aliphatic carbocycles. The summed E-state index contributed by atoms with van der Waals surface area (Å²) < 4.78 is 4.65. The van der Waals surface area contributed by atoms with Gasteiger partial charge in [0.25, 0.3) is 0 Å². The predicted octanol–water partition coefficient (Wildman–Crippen LogP) is 1.47. The van der Waals surface area contributed by atoms with E-state index >= 15 is 0 Å². The van der Waals surface area contributed by atoms with Crippen LogP contribution in [0.4, 0.5) is 0 Å². The number of hydrogen-bond acceptors (Lipinski definition) is 3. The normalized spacial score (nSPS) is 13.4. The summed E-state index contributed by atoms with van der Waals surface area (Å²) in [7, 11) is 1.37. The number of fused-ring (bicyclic) bond motifs is 1. The number of hydrogen-bond donors (Lipinski definition) is 0. The highest BCUT2D eigenvalue weighted by Crippen LogP contribution is 2.20. The minimum atomic E-state index is -0.354. The molecule has 0 bridgehead atoms. The van der Waals surface area contributed by atoms with Crippen LogP contribution in [0, 0.1) is 6.92 Å². The van der Waals surface area contributed by atoms with Crippen LogP contribution in [0.15, 0.2) is 23.2 Å². The molecule has 0 amide bonds. The van der Waals surface area contributed by atoms with Crippen molar-refractivity contribution in [2.45, 2.75) is 13.5 Å². The van der Waals surface area contributed by atoms with Gasteiger partial charge in [-0.05, 0) is 12.5 Å². The number of esters is 1. The van der Waals surface area contributed by atoms with Gasteiger partial charge in [0.2, 0.25) is 0 Å². The highest BCUT2D eigenvalue weighted by molar-refractivity contribution is 6.44. The number of benzene rings is 1. The number of aliphatic imine (C=N–C) groups is 1. The third kappa shape index (κ3) is 1.31. The Bertz CT molecular complexity index is 421. The second-order valence-corrected chi connectivity index (χ2v) is 3.32. The molecule has 0 aromatic heterocycles. The Hall–Kier alpha value is -1.64. The van der Waals surface area contributed by atoms with E-state index in [4.69, 9.17) is 0 Å². The van der Waals surface area contributed by atoms with Gasteiger partial charge in [-0.3, -0.25) is 4.99 Å². The Morgan fingerprint density at radius 3 is 3.00 bits per heavy atom. The van der Waals surface area contributed by atoms with Crippen LogP contribution in [0.1, 0.15) is 16.7 Å². The molecular formula is C11H11NO2. The quantitative estimate of drug-likeness (QED) is 0.627. The molecule has 1 aromatic carbocycles. The molecule has 0 saturated carbocycles. The first-order valence-electron chi connectivity index (χ1n) is 4.45. The molecule has 0 unspecified atom stereocenters. The van der Waals surface area contributed by atoms with Gasteiger partial charge in [0, 0.05) is 5.56 Å². The predicted molar refractivity (Wildman–Crippen MR) is 53.4 cm³/mol. The molecule has 14 heavy (non-hydrogen) atoms. The van der Waals surface area contributed by atoms with E-state index in [0.29, 0.717) is 12.3 Å². The number of carbonyl (C=O) groups is 1. The SMILES string of the molecule is COC(=O)C1=NCc2cc(C)ccc21. The summed E-state index contributed by atoms with van der Waals surface area (Å²) in [5, 5.41) is 0. The maximum Gasteiger partial charge on any atom is 0.356 e. The number of methoxy groups -OCH3 is 1. The lowest BCUT2D eigenvalue weighted by Crippen LogP contribution is -2.15. The molecule has 1 heterocycles. The van der Waals surface area contributed by atoms with Gasteiger partial charge in [-0.1, -0.05) is 23.8 Å². The van der Waals surface area contributed by atoms with E-state index in [1.165, 1.54) is 12.7 Å². The molecule has 0 spiro atoms. The van der Waals surface area contributed by atoms with Gasteiger partial charge in [0.05, 0.1) is 13.7 Å². The third-order valence-corrected chi connectivity index (χ3v) is 2.30. The monoisotopic (exact) mass is 189 g/mol. The van der Waals surface area contributed by atoms with Crippen molar-refractivity contribution in [3.63, 3.8) is 0 Å². The number of ether oxygens (including phenoxy) is 1. The molecule has 0 radical (unpaired) electrons. The summed E-state index contributed by atoms with van der Waals surface area (Å²) in [6.07, 6.45) is 0. The van der Waals surface area contributed by atoms with Crippen molar-refractivity contribution in [3.8, 4) is 0 Å². The van der Waals surface area contributed by atoms with Gasteiger partial charge in [-0.25, -0.2) is 4.79 Å². The van der Waals surface area contributed by atoms with Crippen molar-refractivity contribution in [1.82, 2.24) is 0 Å². The summed E-state index contributed by atoms with van der Waals surface area (Å²) in [5.41, 5.74) is 3.64. The van der Waals surface area contributed by atoms with Crippen molar-refractivity contribution in [2.24, 2.45) is 4.99 Å². The summed E-state index contributed by atoms with van der Waals surface area (Å²) >= 11 is 0. The lowest BCUT2D eigenvalue weighted by molar-refractivity contribution is -0.132. The zero-order valence-corrected chi connectivity index (χ0v) is 8.20. The van der Waals surface area contributed by atoms with Crippen LogP contribution in [-0.4, -0.2) is 18.8 Å². The van der Waals surface area contributed by atoms with Crippen LogP contribution in [0.25, 0.3) is 0 Å². The molecule has 0 saturated heterocycles. The molecule has 1 aliphatic rings. The highest BCUT2D eigenvalue weighted by atomic mass is 16.5. The number of aryl methyl sites for hydroxylation is 1. The van der Waals surface area contributed by atoms with Gasteiger partial charge in [0.15, 0.2) is 5.71 Å². The lowest BCUT2D eigenvalue weighted by atomic mass is 10.0. The first-order valence-corrected chi connectivity index (χ1v) is 4.45. The summed E-state index contributed by atoms with van der Waals surface area (Å²) in [6, 6.07) is 5.95. The average molecular weight is 189 g/mol. The van der Waals surface area contributed by atoms with Crippen LogP contribution in [0.2, 0.25) is 0 Å². The van der Waals surface area contributed by atoms with E-state index in [2.05, 4.69) is 15.8 Å². The number of rotatable bonds is 1. The molecule has 0 N–H and O–H groups in total. The van der Waals surface area contributed by atoms with E-state index in [1.54, 1.807) is 0 Å². The Morgan fingerprint density at radius 1 is 1.50 bits per heavy atom.